The lowest BCUT2D eigenvalue weighted by molar-refractivity contribution is 0.157. The third kappa shape index (κ3) is 3.05. The summed E-state index contributed by atoms with van der Waals surface area (Å²) in [6, 6.07) is 0.321. The summed E-state index contributed by atoms with van der Waals surface area (Å²) >= 11 is 0. The van der Waals surface area contributed by atoms with E-state index in [1.807, 2.05) is 0 Å². The predicted molar refractivity (Wildman–Crippen MR) is 64.7 cm³/mol. The molecule has 1 fully saturated rings. The number of nitrogens with zero attached hydrogens (tertiary/aromatic N) is 1. The van der Waals surface area contributed by atoms with E-state index in [9.17, 15) is 0 Å². The highest BCUT2D eigenvalue weighted by Gasteiger charge is 2.22. The number of piperidine rings is 1. The molecular formula is C13H24N2. The van der Waals surface area contributed by atoms with Gasteiger partial charge in [-0.1, -0.05) is 25.5 Å². The molecule has 0 aromatic rings. The Labute approximate surface area is 93.5 Å². The van der Waals surface area contributed by atoms with Gasteiger partial charge < -0.3 is 10.6 Å². The van der Waals surface area contributed by atoms with Crippen LogP contribution in [0, 0.1) is 11.8 Å². The molecule has 0 aromatic carbocycles. The molecule has 0 saturated carbocycles. The Hall–Kier alpha value is -0.340. The van der Waals surface area contributed by atoms with Gasteiger partial charge in [-0.25, -0.2) is 0 Å². The van der Waals surface area contributed by atoms with Gasteiger partial charge in [-0.15, -0.1) is 0 Å². The minimum absolute atomic E-state index is 0.321. The van der Waals surface area contributed by atoms with Crippen LogP contribution in [0.2, 0.25) is 0 Å². The van der Waals surface area contributed by atoms with Crippen molar-refractivity contribution in [2.75, 3.05) is 19.6 Å². The molecular weight excluding hydrogens is 184 g/mol. The van der Waals surface area contributed by atoms with Gasteiger partial charge in [0.05, 0.1) is 0 Å². The zero-order valence-corrected chi connectivity index (χ0v) is 9.86. The average molecular weight is 208 g/mol. The summed E-state index contributed by atoms with van der Waals surface area (Å²) < 4.78 is 0. The van der Waals surface area contributed by atoms with Crippen LogP contribution in [-0.2, 0) is 0 Å². The van der Waals surface area contributed by atoms with Gasteiger partial charge in [-0.2, -0.15) is 0 Å². The van der Waals surface area contributed by atoms with Crippen LogP contribution in [0.25, 0.3) is 0 Å². The number of nitrogens with two attached hydrogens (primary N) is 1. The minimum atomic E-state index is 0.321. The van der Waals surface area contributed by atoms with E-state index in [1.54, 1.807) is 0 Å². The second-order valence-electron chi connectivity index (χ2n) is 5.22. The number of rotatable bonds is 3. The quantitative estimate of drug-likeness (QED) is 0.719. The van der Waals surface area contributed by atoms with E-state index in [2.05, 4.69) is 24.0 Å². The van der Waals surface area contributed by atoms with Gasteiger partial charge in [0.1, 0.15) is 0 Å². The smallest absolute Gasteiger partial charge is 0.0229 e. The van der Waals surface area contributed by atoms with Crippen molar-refractivity contribution in [3.8, 4) is 0 Å². The van der Waals surface area contributed by atoms with Crippen molar-refractivity contribution in [1.82, 2.24) is 4.90 Å². The standard InChI is InChI=1S/C13H24N2/c1-2-11-4-3-7-15(9-11)10-12-5-6-13(14)8-12/h5-6,11-13H,2-4,7-10,14H2,1H3. The van der Waals surface area contributed by atoms with Crippen LogP contribution in [0.15, 0.2) is 12.2 Å². The molecule has 0 radical (unpaired) electrons. The van der Waals surface area contributed by atoms with E-state index in [0.29, 0.717) is 6.04 Å². The molecule has 1 heterocycles. The highest BCUT2D eigenvalue weighted by atomic mass is 15.1. The predicted octanol–water partition coefficient (Wildman–Crippen LogP) is 2.01. The summed E-state index contributed by atoms with van der Waals surface area (Å²) in [5, 5.41) is 0. The molecule has 3 unspecified atom stereocenters. The number of hydrogen-bond donors (Lipinski definition) is 1. The lowest BCUT2D eigenvalue weighted by atomic mass is 9.94. The number of likely N-dealkylation sites (tertiary alicyclic amines) is 1. The van der Waals surface area contributed by atoms with E-state index in [1.165, 1.54) is 38.9 Å². The topological polar surface area (TPSA) is 29.3 Å². The molecule has 15 heavy (non-hydrogen) atoms. The van der Waals surface area contributed by atoms with Gasteiger partial charge >= 0.3 is 0 Å². The van der Waals surface area contributed by atoms with E-state index in [0.717, 1.165) is 18.3 Å². The molecule has 0 bridgehead atoms. The van der Waals surface area contributed by atoms with Crippen LogP contribution in [-0.4, -0.2) is 30.6 Å². The zero-order chi connectivity index (χ0) is 10.7. The van der Waals surface area contributed by atoms with Crippen molar-refractivity contribution in [3.63, 3.8) is 0 Å². The van der Waals surface area contributed by atoms with Gasteiger partial charge in [-0.05, 0) is 37.6 Å². The van der Waals surface area contributed by atoms with E-state index >= 15 is 0 Å². The van der Waals surface area contributed by atoms with Crippen molar-refractivity contribution in [3.05, 3.63) is 12.2 Å². The van der Waals surface area contributed by atoms with Crippen LogP contribution in [0.4, 0.5) is 0 Å². The highest BCUT2D eigenvalue weighted by Crippen LogP contribution is 2.23. The summed E-state index contributed by atoms with van der Waals surface area (Å²) in [7, 11) is 0. The molecule has 3 atom stereocenters. The van der Waals surface area contributed by atoms with Crippen LogP contribution in [0.5, 0.6) is 0 Å². The monoisotopic (exact) mass is 208 g/mol. The highest BCUT2D eigenvalue weighted by molar-refractivity contribution is 5.05. The fourth-order valence-electron chi connectivity index (χ4n) is 2.92. The van der Waals surface area contributed by atoms with Crippen molar-refractivity contribution in [2.24, 2.45) is 17.6 Å². The summed E-state index contributed by atoms with van der Waals surface area (Å²) in [4.78, 5) is 2.64. The first-order valence-corrected chi connectivity index (χ1v) is 6.44. The largest absolute Gasteiger partial charge is 0.324 e. The molecule has 2 heteroatoms. The maximum Gasteiger partial charge on any atom is 0.0229 e. The van der Waals surface area contributed by atoms with E-state index in [-0.39, 0.29) is 0 Å². The molecule has 0 aromatic heterocycles. The van der Waals surface area contributed by atoms with E-state index < -0.39 is 0 Å². The van der Waals surface area contributed by atoms with Crippen molar-refractivity contribution < 1.29 is 0 Å². The first-order chi connectivity index (χ1) is 7.28. The SMILES string of the molecule is CCC1CCCN(CC2C=CC(N)C2)C1. The Morgan fingerprint density at radius 1 is 1.40 bits per heavy atom. The van der Waals surface area contributed by atoms with Gasteiger partial charge in [0.25, 0.3) is 0 Å². The van der Waals surface area contributed by atoms with Crippen molar-refractivity contribution in [2.45, 2.75) is 38.6 Å². The third-order valence-electron chi connectivity index (χ3n) is 3.88. The summed E-state index contributed by atoms with van der Waals surface area (Å²) in [5.74, 6) is 1.66. The lowest BCUT2D eigenvalue weighted by Crippen LogP contribution is -2.38. The first kappa shape index (κ1) is 11.2. The molecule has 0 spiro atoms. The van der Waals surface area contributed by atoms with Gasteiger partial charge in [0.2, 0.25) is 0 Å². The second kappa shape index (κ2) is 5.13. The third-order valence-corrected chi connectivity index (χ3v) is 3.88. The minimum Gasteiger partial charge on any atom is -0.324 e. The van der Waals surface area contributed by atoms with Gasteiger partial charge in [0, 0.05) is 19.1 Å². The molecule has 0 amide bonds. The van der Waals surface area contributed by atoms with Crippen LogP contribution in [0.3, 0.4) is 0 Å². The molecule has 1 aliphatic carbocycles. The summed E-state index contributed by atoms with van der Waals surface area (Å²) in [6.45, 7) is 6.17. The molecule has 1 aliphatic heterocycles. The average Bonchev–Trinajstić information content (AvgIpc) is 2.64. The van der Waals surface area contributed by atoms with Crippen molar-refractivity contribution >= 4 is 0 Å². The molecule has 2 N–H and O–H groups in total. The second-order valence-corrected chi connectivity index (χ2v) is 5.22. The Balaban J connectivity index is 1.77. The molecule has 1 saturated heterocycles. The zero-order valence-electron chi connectivity index (χ0n) is 9.86. The Morgan fingerprint density at radius 2 is 2.27 bits per heavy atom. The first-order valence-electron chi connectivity index (χ1n) is 6.44. The molecule has 2 rings (SSSR count). The Morgan fingerprint density at radius 3 is 2.93 bits per heavy atom. The number of hydrogen-bond acceptors (Lipinski definition) is 2. The fourth-order valence-corrected chi connectivity index (χ4v) is 2.92. The fraction of sp³-hybridized carbons (Fsp3) is 0.846. The Kier molecular flexibility index (Phi) is 3.81. The summed E-state index contributed by atoms with van der Waals surface area (Å²) in [5.41, 5.74) is 5.88. The maximum absolute atomic E-state index is 5.88. The van der Waals surface area contributed by atoms with Crippen molar-refractivity contribution in [1.29, 1.82) is 0 Å². The summed E-state index contributed by atoms with van der Waals surface area (Å²) in [6.07, 6.45) is 9.82. The van der Waals surface area contributed by atoms with Gasteiger partial charge in [-0.3, -0.25) is 0 Å². The van der Waals surface area contributed by atoms with Crippen LogP contribution in [0.1, 0.15) is 32.6 Å². The molecule has 86 valence electrons. The van der Waals surface area contributed by atoms with Crippen LogP contribution < -0.4 is 5.73 Å². The van der Waals surface area contributed by atoms with Crippen LogP contribution >= 0.6 is 0 Å². The lowest BCUT2D eigenvalue weighted by Gasteiger charge is -2.33. The normalized spacial score (nSPS) is 37.3. The molecule has 2 aliphatic rings. The van der Waals surface area contributed by atoms with E-state index in [4.69, 9.17) is 5.73 Å². The maximum atomic E-state index is 5.88. The molecule has 2 nitrogen and oxygen atoms in total. The van der Waals surface area contributed by atoms with Gasteiger partial charge in [0.15, 0.2) is 0 Å². The Bertz CT molecular complexity index is 225.